The fraction of sp³-hybridized carbons (Fsp3) is 0.333. The number of fused-ring (bicyclic) bond motifs is 1. The van der Waals surface area contributed by atoms with Crippen molar-refractivity contribution in [1.82, 2.24) is 9.97 Å². The van der Waals surface area contributed by atoms with Gasteiger partial charge in [-0.1, -0.05) is 55.7 Å². The highest BCUT2D eigenvalue weighted by atomic mass is 16.5. The van der Waals surface area contributed by atoms with Crippen LogP contribution in [0.25, 0.3) is 10.9 Å². The Balaban J connectivity index is 1.35. The topological polar surface area (TPSA) is 61.0 Å². The van der Waals surface area contributed by atoms with E-state index < -0.39 is 0 Å². The van der Waals surface area contributed by atoms with Crippen LogP contribution in [0.2, 0.25) is 0 Å². The molecule has 0 bridgehead atoms. The molecule has 130 valence electrons. The molecule has 4 heteroatoms. The lowest BCUT2D eigenvalue weighted by Crippen LogP contribution is -2.01. The van der Waals surface area contributed by atoms with Gasteiger partial charge in [-0.2, -0.15) is 0 Å². The summed E-state index contributed by atoms with van der Waals surface area (Å²) >= 11 is 0. The van der Waals surface area contributed by atoms with E-state index in [-0.39, 0.29) is 0 Å². The molecule has 0 spiro atoms. The number of benzene rings is 2. The van der Waals surface area contributed by atoms with Crippen LogP contribution in [0.5, 0.6) is 5.75 Å². The first kappa shape index (κ1) is 17.2. The number of nitrogen functional groups attached to an aromatic ring is 1. The first-order valence-corrected chi connectivity index (χ1v) is 9.02. The van der Waals surface area contributed by atoms with Crippen LogP contribution in [0.3, 0.4) is 0 Å². The number of aryl methyl sites for hydroxylation is 1. The van der Waals surface area contributed by atoms with Crippen LogP contribution >= 0.6 is 0 Å². The minimum absolute atomic E-state index is 0.367. The summed E-state index contributed by atoms with van der Waals surface area (Å²) in [6.45, 7) is 0.789. The van der Waals surface area contributed by atoms with E-state index >= 15 is 0 Å². The van der Waals surface area contributed by atoms with Crippen molar-refractivity contribution in [3.8, 4) is 5.75 Å². The van der Waals surface area contributed by atoms with Gasteiger partial charge in [-0.3, -0.25) is 0 Å². The molecule has 0 aliphatic heterocycles. The molecule has 0 saturated heterocycles. The predicted octanol–water partition coefficient (Wildman–Crippen LogP) is 4.78. The van der Waals surface area contributed by atoms with Crippen LogP contribution in [-0.4, -0.2) is 16.6 Å². The molecule has 3 rings (SSSR count). The summed E-state index contributed by atoms with van der Waals surface area (Å²) in [5.74, 6) is 1.32. The number of unbranched alkanes of at least 4 members (excludes halogenated alkanes) is 4. The molecule has 3 aromatic rings. The van der Waals surface area contributed by atoms with Gasteiger partial charge in [0.05, 0.1) is 17.8 Å². The fourth-order valence-corrected chi connectivity index (χ4v) is 2.98. The quantitative estimate of drug-likeness (QED) is 0.571. The second-order valence-corrected chi connectivity index (χ2v) is 6.22. The van der Waals surface area contributed by atoms with E-state index in [4.69, 9.17) is 10.5 Å². The molecule has 25 heavy (non-hydrogen) atoms. The molecular weight excluding hydrogens is 310 g/mol. The molecule has 0 saturated carbocycles. The van der Waals surface area contributed by atoms with E-state index in [1.807, 2.05) is 48.5 Å². The summed E-state index contributed by atoms with van der Waals surface area (Å²) in [7, 11) is 0. The molecule has 0 aliphatic carbocycles. The van der Waals surface area contributed by atoms with Gasteiger partial charge in [0.2, 0.25) is 5.95 Å². The molecule has 2 aromatic carbocycles. The SMILES string of the molecule is Nc1nc(CCCCCCCOc2ccccc2)c2ccccc2n1. The summed E-state index contributed by atoms with van der Waals surface area (Å²) in [6.07, 6.45) is 6.78. The second-order valence-electron chi connectivity index (χ2n) is 6.22. The lowest BCUT2D eigenvalue weighted by molar-refractivity contribution is 0.304. The molecule has 0 fully saturated rings. The minimum Gasteiger partial charge on any atom is -0.494 e. The van der Waals surface area contributed by atoms with E-state index in [0.29, 0.717) is 5.95 Å². The third-order valence-electron chi connectivity index (χ3n) is 4.27. The summed E-state index contributed by atoms with van der Waals surface area (Å²) in [4.78, 5) is 8.72. The number of para-hydroxylation sites is 2. The van der Waals surface area contributed by atoms with E-state index in [9.17, 15) is 0 Å². The van der Waals surface area contributed by atoms with Crippen LogP contribution < -0.4 is 10.5 Å². The zero-order chi connectivity index (χ0) is 17.3. The van der Waals surface area contributed by atoms with Crippen molar-refractivity contribution in [3.63, 3.8) is 0 Å². The van der Waals surface area contributed by atoms with Crippen molar-refractivity contribution in [2.24, 2.45) is 0 Å². The van der Waals surface area contributed by atoms with Gasteiger partial charge in [-0.25, -0.2) is 9.97 Å². The van der Waals surface area contributed by atoms with Gasteiger partial charge >= 0.3 is 0 Å². The Morgan fingerprint density at radius 2 is 1.48 bits per heavy atom. The van der Waals surface area contributed by atoms with E-state index in [1.165, 1.54) is 19.3 Å². The summed E-state index contributed by atoms with van der Waals surface area (Å²) < 4.78 is 5.71. The van der Waals surface area contributed by atoms with Crippen molar-refractivity contribution in [2.75, 3.05) is 12.3 Å². The zero-order valence-corrected chi connectivity index (χ0v) is 14.5. The van der Waals surface area contributed by atoms with Gasteiger partial charge in [0.15, 0.2) is 0 Å². The van der Waals surface area contributed by atoms with Crippen LogP contribution in [0.15, 0.2) is 54.6 Å². The molecule has 4 nitrogen and oxygen atoms in total. The number of anilines is 1. The number of rotatable bonds is 9. The van der Waals surface area contributed by atoms with E-state index in [2.05, 4.69) is 16.0 Å². The van der Waals surface area contributed by atoms with Crippen molar-refractivity contribution >= 4 is 16.9 Å². The van der Waals surface area contributed by atoms with E-state index in [1.54, 1.807) is 0 Å². The average molecular weight is 335 g/mol. The maximum atomic E-state index is 5.82. The Bertz CT molecular complexity index is 790. The predicted molar refractivity (Wildman–Crippen MR) is 103 cm³/mol. The molecule has 1 heterocycles. The Labute approximate surface area is 149 Å². The van der Waals surface area contributed by atoms with Crippen LogP contribution in [0, 0.1) is 0 Å². The standard InChI is InChI=1S/C21H25N3O/c22-21-23-19(18-13-8-9-15-20(18)24-21)14-7-2-1-3-10-16-25-17-11-5-4-6-12-17/h4-6,8-9,11-13,15H,1-3,7,10,14,16H2,(H2,22,23,24). The smallest absolute Gasteiger partial charge is 0.220 e. The maximum absolute atomic E-state index is 5.82. The molecule has 0 aliphatic rings. The number of hydrogen-bond acceptors (Lipinski definition) is 4. The molecule has 1 aromatic heterocycles. The maximum Gasteiger partial charge on any atom is 0.220 e. The van der Waals surface area contributed by atoms with E-state index in [0.717, 1.165) is 48.2 Å². The number of nitrogens with two attached hydrogens (primary N) is 1. The van der Waals surface area contributed by atoms with Gasteiger partial charge < -0.3 is 10.5 Å². The molecule has 0 radical (unpaired) electrons. The molecule has 2 N–H and O–H groups in total. The lowest BCUT2D eigenvalue weighted by atomic mass is 10.1. The first-order chi connectivity index (χ1) is 12.3. The van der Waals surface area contributed by atoms with Gasteiger partial charge in [-0.15, -0.1) is 0 Å². The molecule has 0 amide bonds. The lowest BCUT2D eigenvalue weighted by Gasteiger charge is -2.07. The van der Waals surface area contributed by atoms with Crippen LogP contribution in [0.4, 0.5) is 5.95 Å². The summed E-state index contributed by atoms with van der Waals surface area (Å²) in [5, 5.41) is 1.12. The highest BCUT2D eigenvalue weighted by Gasteiger charge is 2.05. The molecular formula is C21H25N3O. The second kappa shape index (κ2) is 9.02. The van der Waals surface area contributed by atoms with Crippen molar-refractivity contribution in [1.29, 1.82) is 0 Å². The summed E-state index contributed by atoms with van der Waals surface area (Å²) in [6, 6.07) is 18.1. The molecule has 0 unspecified atom stereocenters. The van der Waals surface area contributed by atoms with Crippen molar-refractivity contribution in [2.45, 2.75) is 38.5 Å². The van der Waals surface area contributed by atoms with Crippen molar-refractivity contribution < 1.29 is 4.74 Å². The van der Waals surface area contributed by atoms with Crippen molar-refractivity contribution in [3.05, 3.63) is 60.3 Å². The van der Waals surface area contributed by atoms with Gasteiger partial charge in [-0.05, 0) is 37.5 Å². The average Bonchev–Trinajstić information content (AvgIpc) is 2.64. The van der Waals surface area contributed by atoms with Gasteiger partial charge in [0.25, 0.3) is 0 Å². The number of nitrogens with zero attached hydrogens (tertiary/aromatic N) is 2. The Morgan fingerprint density at radius 1 is 0.760 bits per heavy atom. The number of aromatic nitrogens is 2. The Hall–Kier alpha value is -2.62. The van der Waals surface area contributed by atoms with Gasteiger partial charge in [0.1, 0.15) is 5.75 Å². The zero-order valence-electron chi connectivity index (χ0n) is 14.5. The largest absolute Gasteiger partial charge is 0.494 e. The van der Waals surface area contributed by atoms with Gasteiger partial charge in [0, 0.05) is 5.39 Å². The third-order valence-corrected chi connectivity index (χ3v) is 4.27. The first-order valence-electron chi connectivity index (χ1n) is 9.02. The highest BCUT2D eigenvalue weighted by molar-refractivity contribution is 5.81. The molecule has 0 atom stereocenters. The summed E-state index contributed by atoms with van der Waals surface area (Å²) in [5.41, 5.74) is 7.82. The minimum atomic E-state index is 0.367. The normalized spacial score (nSPS) is 10.9. The number of hydrogen-bond donors (Lipinski definition) is 1. The number of ether oxygens (including phenoxy) is 1. The fourth-order valence-electron chi connectivity index (χ4n) is 2.98. The Morgan fingerprint density at radius 3 is 2.36 bits per heavy atom. The Kier molecular flexibility index (Phi) is 6.21. The van der Waals surface area contributed by atoms with Crippen LogP contribution in [-0.2, 0) is 6.42 Å². The monoisotopic (exact) mass is 335 g/mol. The van der Waals surface area contributed by atoms with Crippen LogP contribution in [0.1, 0.15) is 37.8 Å². The third kappa shape index (κ3) is 5.18. The highest BCUT2D eigenvalue weighted by Crippen LogP contribution is 2.19.